The highest BCUT2D eigenvalue weighted by atomic mass is 79.9. The van der Waals surface area contributed by atoms with Gasteiger partial charge in [-0.05, 0) is 36.6 Å². The van der Waals surface area contributed by atoms with Crippen LogP contribution in [0.15, 0.2) is 42.5 Å². The number of alkyl halides is 1. The summed E-state index contributed by atoms with van der Waals surface area (Å²) in [6, 6.07) is 13.2. The van der Waals surface area contributed by atoms with Crippen LogP contribution in [0.5, 0.6) is 0 Å². The first-order valence-electron chi connectivity index (χ1n) is 5.71. The van der Waals surface area contributed by atoms with Gasteiger partial charge in [0.2, 0.25) is 0 Å². The molecule has 0 fully saturated rings. The van der Waals surface area contributed by atoms with Gasteiger partial charge in [-0.3, -0.25) is 0 Å². The second-order valence-electron chi connectivity index (χ2n) is 4.33. The predicted molar refractivity (Wildman–Crippen MR) is 78.0 cm³/mol. The summed E-state index contributed by atoms with van der Waals surface area (Å²) in [5.41, 5.74) is 3.48. The summed E-state index contributed by atoms with van der Waals surface area (Å²) in [6.45, 7) is 2.07. The van der Waals surface area contributed by atoms with E-state index in [0.717, 1.165) is 12.0 Å². The SMILES string of the molecule is Cc1cccc(CC(Br)c2ccc(F)c(Cl)c2)c1. The molecule has 3 heteroatoms. The average molecular weight is 328 g/mol. The van der Waals surface area contributed by atoms with Gasteiger partial charge in [-0.1, -0.05) is 63.4 Å². The lowest BCUT2D eigenvalue weighted by atomic mass is 10.0. The average Bonchev–Trinajstić information content (AvgIpc) is 2.32. The van der Waals surface area contributed by atoms with Crippen LogP contribution in [0.25, 0.3) is 0 Å². The van der Waals surface area contributed by atoms with E-state index < -0.39 is 0 Å². The van der Waals surface area contributed by atoms with Crippen molar-refractivity contribution in [1.82, 2.24) is 0 Å². The van der Waals surface area contributed by atoms with Gasteiger partial charge >= 0.3 is 0 Å². The lowest BCUT2D eigenvalue weighted by molar-refractivity contribution is 0.627. The molecule has 0 spiro atoms. The van der Waals surface area contributed by atoms with E-state index in [2.05, 4.69) is 41.1 Å². The van der Waals surface area contributed by atoms with E-state index in [0.29, 0.717) is 0 Å². The minimum absolute atomic E-state index is 0.136. The Morgan fingerprint density at radius 3 is 2.67 bits per heavy atom. The van der Waals surface area contributed by atoms with Gasteiger partial charge < -0.3 is 0 Å². The molecule has 2 aromatic carbocycles. The minimum Gasteiger partial charge on any atom is -0.205 e. The molecule has 0 aliphatic carbocycles. The lowest BCUT2D eigenvalue weighted by Crippen LogP contribution is -1.96. The molecule has 0 amide bonds. The van der Waals surface area contributed by atoms with Crippen molar-refractivity contribution in [3.63, 3.8) is 0 Å². The van der Waals surface area contributed by atoms with E-state index in [1.807, 2.05) is 6.07 Å². The molecule has 0 N–H and O–H groups in total. The highest BCUT2D eigenvalue weighted by molar-refractivity contribution is 9.09. The zero-order valence-electron chi connectivity index (χ0n) is 9.96. The van der Waals surface area contributed by atoms with Crippen molar-refractivity contribution >= 4 is 27.5 Å². The summed E-state index contributed by atoms with van der Waals surface area (Å²) >= 11 is 9.42. The summed E-state index contributed by atoms with van der Waals surface area (Å²) < 4.78 is 13.1. The van der Waals surface area contributed by atoms with E-state index in [1.54, 1.807) is 12.1 Å². The zero-order chi connectivity index (χ0) is 13.1. The molecule has 0 heterocycles. The molecule has 0 saturated carbocycles. The zero-order valence-corrected chi connectivity index (χ0v) is 12.3. The van der Waals surface area contributed by atoms with Crippen LogP contribution in [0.2, 0.25) is 5.02 Å². The lowest BCUT2D eigenvalue weighted by Gasteiger charge is -2.11. The fourth-order valence-electron chi connectivity index (χ4n) is 1.87. The standard InChI is InChI=1S/C15H13BrClF/c1-10-3-2-4-11(7-10)8-13(16)12-5-6-15(18)14(17)9-12/h2-7,9,13H,8H2,1H3. The molecule has 0 radical (unpaired) electrons. The van der Waals surface area contributed by atoms with Crippen LogP contribution in [-0.2, 0) is 6.42 Å². The van der Waals surface area contributed by atoms with Gasteiger partial charge in [0.25, 0.3) is 0 Å². The number of halogens is 3. The molecule has 2 aromatic rings. The maximum atomic E-state index is 13.1. The van der Waals surface area contributed by atoms with Gasteiger partial charge in [0.1, 0.15) is 5.82 Å². The summed E-state index contributed by atoms with van der Waals surface area (Å²) in [5, 5.41) is 0.168. The summed E-state index contributed by atoms with van der Waals surface area (Å²) in [5.74, 6) is -0.379. The first-order chi connectivity index (χ1) is 8.56. The monoisotopic (exact) mass is 326 g/mol. The normalized spacial score (nSPS) is 12.4. The molecular formula is C15H13BrClF. The Labute approximate surface area is 120 Å². The smallest absolute Gasteiger partial charge is 0.141 e. The number of rotatable bonds is 3. The van der Waals surface area contributed by atoms with Gasteiger partial charge in [0, 0.05) is 4.83 Å². The molecule has 94 valence electrons. The molecular weight excluding hydrogens is 315 g/mol. The van der Waals surface area contributed by atoms with Crippen molar-refractivity contribution in [2.75, 3.05) is 0 Å². The van der Waals surface area contributed by atoms with Crippen LogP contribution in [0, 0.1) is 12.7 Å². The number of hydrogen-bond acceptors (Lipinski definition) is 0. The molecule has 1 unspecified atom stereocenters. The van der Waals surface area contributed by atoms with Crippen LogP contribution in [0.4, 0.5) is 4.39 Å². The first-order valence-corrected chi connectivity index (χ1v) is 7.00. The molecule has 0 aliphatic rings. The van der Waals surface area contributed by atoms with Gasteiger partial charge in [-0.25, -0.2) is 4.39 Å². The van der Waals surface area contributed by atoms with Crippen molar-refractivity contribution in [1.29, 1.82) is 0 Å². The molecule has 2 rings (SSSR count). The van der Waals surface area contributed by atoms with Crippen LogP contribution < -0.4 is 0 Å². The van der Waals surface area contributed by atoms with Crippen molar-refractivity contribution in [2.45, 2.75) is 18.2 Å². The second-order valence-corrected chi connectivity index (χ2v) is 5.85. The molecule has 1 atom stereocenters. The Hall–Kier alpha value is -0.860. The maximum Gasteiger partial charge on any atom is 0.141 e. The van der Waals surface area contributed by atoms with E-state index >= 15 is 0 Å². The minimum atomic E-state index is -0.379. The highest BCUT2D eigenvalue weighted by Gasteiger charge is 2.10. The summed E-state index contributed by atoms with van der Waals surface area (Å²) in [6.07, 6.45) is 0.851. The number of aryl methyl sites for hydroxylation is 1. The number of hydrogen-bond donors (Lipinski definition) is 0. The Balaban J connectivity index is 2.16. The highest BCUT2D eigenvalue weighted by Crippen LogP contribution is 2.29. The Bertz CT molecular complexity index is 554. The van der Waals surface area contributed by atoms with Crippen LogP contribution in [-0.4, -0.2) is 0 Å². The molecule has 0 aromatic heterocycles. The van der Waals surface area contributed by atoms with Gasteiger partial charge in [0.05, 0.1) is 5.02 Å². The van der Waals surface area contributed by atoms with Gasteiger partial charge in [0.15, 0.2) is 0 Å². The third-order valence-corrected chi connectivity index (χ3v) is 3.94. The fraction of sp³-hybridized carbons (Fsp3) is 0.200. The van der Waals surface area contributed by atoms with Crippen molar-refractivity contribution < 1.29 is 4.39 Å². The van der Waals surface area contributed by atoms with E-state index in [-0.39, 0.29) is 15.7 Å². The summed E-state index contributed by atoms with van der Waals surface area (Å²) in [4.78, 5) is 0.136. The van der Waals surface area contributed by atoms with Gasteiger partial charge in [-0.15, -0.1) is 0 Å². The second kappa shape index (κ2) is 5.85. The van der Waals surface area contributed by atoms with Crippen molar-refractivity contribution in [2.24, 2.45) is 0 Å². The van der Waals surface area contributed by atoms with Crippen LogP contribution >= 0.6 is 27.5 Å². The molecule has 18 heavy (non-hydrogen) atoms. The van der Waals surface area contributed by atoms with Crippen LogP contribution in [0.1, 0.15) is 21.5 Å². The number of benzene rings is 2. The van der Waals surface area contributed by atoms with E-state index in [9.17, 15) is 4.39 Å². The van der Waals surface area contributed by atoms with Crippen LogP contribution in [0.3, 0.4) is 0 Å². The fourth-order valence-corrected chi connectivity index (χ4v) is 2.72. The first kappa shape index (κ1) is 13.6. The largest absolute Gasteiger partial charge is 0.205 e. The van der Waals surface area contributed by atoms with E-state index in [4.69, 9.17) is 11.6 Å². The Kier molecular flexibility index (Phi) is 4.41. The third kappa shape index (κ3) is 3.33. The topological polar surface area (TPSA) is 0 Å². The summed E-state index contributed by atoms with van der Waals surface area (Å²) in [7, 11) is 0. The van der Waals surface area contributed by atoms with Crippen molar-refractivity contribution in [3.05, 3.63) is 70.0 Å². The Morgan fingerprint density at radius 2 is 2.00 bits per heavy atom. The quantitative estimate of drug-likeness (QED) is 0.656. The molecule has 0 aliphatic heterocycles. The van der Waals surface area contributed by atoms with Gasteiger partial charge in [-0.2, -0.15) is 0 Å². The third-order valence-electron chi connectivity index (χ3n) is 2.80. The Morgan fingerprint density at radius 1 is 1.22 bits per heavy atom. The molecule has 0 bridgehead atoms. The van der Waals surface area contributed by atoms with E-state index in [1.165, 1.54) is 17.2 Å². The maximum absolute atomic E-state index is 13.1. The molecule has 0 nitrogen and oxygen atoms in total. The molecule has 0 saturated heterocycles. The van der Waals surface area contributed by atoms with Crippen molar-refractivity contribution in [3.8, 4) is 0 Å². The predicted octanol–water partition coefficient (Wildman–Crippen LogP) is 5.47.